The number of hydrogen-bond acceptors (Lipinski definition) is 2. The number of rotatable bonds is 5. The van der Waals surface area contributed by atoms with Crippen LogP contribution in [0.4, 0.5) is 0 Å². The summed E-state index contributed by atoms with van der Waals surface area (Å²) in [5.74, 6) is 0.0348. The standard InChI is InChI=1S/C19H19BrN2O2/c20-17-9-7-14(8-10-17)19(24)21-11-3-6-18(23)22-12-15-4-1-2-5-16(15)13-22/h1-2,4-5,7-10H,3,6,11-13H2,(H,21,24). The fourth-order valence-electron chi connectivity index (χ4n) is 2.81. The van der Waals surface area contributed by atoms with Gasteiger partial charge in [0.05, 0.1) is 0 Å². The topological polar surface area (TPSA) is 49.4 Å². The fraction of sp³-hybridized carbons (Fsp3) is 0.263. The van der Waals surface area contributed by atoms with Crippen molar-refractivity contribution in [2.24, 2.45) is 0 Å². The molecule has 2 aromatic carbocycles. The molecule has 124 valence electrons. The number of amides is 2. The lowest BCUT2D eigenvalue weighted by Gasteiger charge is -2.15. The summed E-state index contributed by atoms with van der Waals surface area (Å²) in [4.78, 5) is 26.1. The van der Waals surface area contributed by atoms with Crippen LogP contribution in [-0.2, 0) is 17.9 Å². The molecule has 2 amide bonds. The van der Waals surface area contributed by atoms with Crippen molar-refractivity contribution >= 4 is 27.7 Å². The zero-order chi connectivity index (χ0) is 16.9. The fourth-order valence-corrected chi connectivity index (χ4v) is 3.08. The first-order chi connectivity index (χ1) is 11.6. The van der Waals surface area contributed by atoms with Gasteiger partial charge in [0.2, 0.25) is 5.91 Å². The minimum atomic E-state index is -0.108. The highest BCUT2D eigenvalue weighted by Gasteiger charge is 2.22. The third kappa shape index (κ3) is 4.03. The molecule has 1 aliphatic heterocycles. The predicted octanol–water partition coefficient (Wildman–Crippen LogP) is 3.50. The quantitative estimate of drug-likeness (QED) is 0.799. The molecule has 4 nitrogen and oxygen atoms in total. The van der Waals surface area contributed by atoms with Crippen LogP contribution in [0.2, 0.25) is 0 Å². The zero-order valence-electron chi connectivity index (χ0n) is 13.3. The van der Waals surface area contributed by atoms with Gasteiger partial charge < -0.3 is 10.2 Å². The summed E-state index contributed by atoms with van der Waals surface area (Å²) in [7, 11) is 0. The van der Waals surface area contributed by atoms with Crippen molar-refractivity contribution in [3.8, 4) is 0 Å². The molecule has 1 N–H and O–H groups in total. The number of halogens is 1. The molecule has 0 radical (unpaired) electrons. The molecule has 5 heteroatoms. The van der Waals surface area contributed by atoms with E-state index < -0.39 is 0 Å². The lowest BCUT2D eigenvalue weighted by atomic mass is 10.1. The van der Waals surface area contributed by atoms with Gasteiger partial charge in [-0.2, -0.15) is 0 Å². The lowest BCUT2D eigenvalue weighted by molar-refractivity contribution is -0.131. The average Bonchev–Trinajstić information content (AvgIpc) is 3.03. The van der Waals surface area contributed by atoms with E-state index in [0.717, 1.165) is 4.47 Å². The maximum atomic E-state index is 12.3. The molecule has 0 saturated carbocycles. The van der Waals surface area contributed by atoms with Gasteiger partial charge in [-0.15, -0.1) is 0 Å². The van der Waals surface area contributed by atoms with Crippen LogP contribution >= 0.6 is 15.9 Å². The van der Waals surface area contributed by atoms with Crippen LogP contribution in [0.15, 0.2) is 53.0 Å². The Bertz CT molecular complexity index is 718. The Labute approximate surface area is 150 Å². The first kappa shape index (κ1) is 16.7. The Balaban J connectivity index is 1.40. The molecular weight excluding hydrogens is 368 g/mol. The Morgan fingerprint density at radius 2 is 1.62 bits per heavy atom. The van der Waals surface area contributed by atoms with E-state index in [-0.39, 0.29) is 11.8 Å². The number of carbonyl (C=O) groups excluding carboxylic acids is 2. The van der Waals surface area contributed by atoms with Crippen molar-refractivity contribution in [3.05, 3.63) is 69.7 Å². The van der Waals surface area contributed by atoms with Crippen LogP contribution in [0.25, 0.3) is 0 Å². The van der Waals surface area contributed by atoms with E-state index >= 15 is 0 Å². The van der Waals surface area contributed by atoms with Crippen LogP contribution in [-0.4, -0.2) is 23.3 Å². The van der Waals surface area contributed by atoms with E-state index in [1.54, 1.807) is 12.1 Å². The first-order valence-corrected chi connectivity index (χ1v) is 8.81. The summed E-state index contributed by atoms with van der Waals surface area (Å²) in [5, 5.41) is 2.86. The number of hydrogen-bond donors (Lipinski definition) is 1. The van der Waals surface area contributed by atoms with E-state index in [9.17, 15) is 9.59 Å². The largest absolute Gasteiger partial charge is 0.352 e. The van der Waals surface area contributed by atoms with Crippen LogP contribution in [0.5, 0.6) is 0 Å². The van der Waals surface area contributed by atoms with Gasteiger partial charge in [-0.1, -0.05) is 40.2 Å². The molecule has 24 heavy (non-hydrogen) atoms. The number of nitrogens with one attached hydrogen (secondary N) is 1. The second kappa shape index (κ2) is 7.62. The summed E-state index contributed by atoms with van der Waals surface area (Å²) < 4.78 is 0.941. The van der Waals surface area contributed by atoms with Crippen LogP contribution < -0.4 is 5.32 Å². The molecular formula is C19H19BrN2O2. The Kier molecular flexibility index (Phi) is 5.30. The van der Waals surface area contributed by atoms with Gasteiger partial charge in [0, 0.05) is 36.1 Å². The van der Waals surface area contributed by atoms with Gasteiger partial charge in [0.25, 0.3) is 5.91 Å². The van der Waals surface area contributed by atoms with E-state index in [2.05, 4.69) is 33.4 Å². The molecule has 0 aliphatic carbocycles. The Morgan fingerprint density at radius 1 is 1.00 bits per heavy atom. The molecule has 1 heterocycles. The van der Waals surface area contributed by atoms with E-state index in [1.165, 1.54) is 11.1 Å². The van der Waals surface area contributed by atoms with Crippen molar-refractivity contribution in [3.63, 3.8) is 0 Å². The molecule has 3 rings (SSSR count). The van der Waals surface area contributed by atoms with Gasteiger partial charge in [-0.05, 0) is 41.8 Å². The van der Waals surface area contributed by atoms with Gasteiger partial charge in [0.1, 0.15) is 0 Å². The highest BCUT2D eigenvalue weighted by Crippen LogP contribution is 2.22. The van der Waals surface area contributed by atoms with Gasteiger partial charge in [-0.3, -0.25) is 9.59 Å². The second-order valence-corrected chi connectivity index (χ2v) is 6.80. The Hall–Kier alpha value is -2.14. The monoisotopic (exact) mass is 386 g/mol. The molecule has 0 fully saturated rings. The van der Waals surface area contributed by atoms with E-state index in [1.807, 2.05) is 29.2 Å². The lowest BCUT2D eigenvalue weighted by Crippen LogP contribution is -2.28. The highest BCUT2D eigenvalue weighted by atomic mass is 79.9. The number of nitrogens with zero attached hydrogens (tertiary/aromatic N) is 1. The molecule has 1 aliphatic rings. The first-order valence-electron chi connectivity index (χ1n) is 8.02. The molecule has 0 aromatic heterocycles. The average molecular weight is 387 g/mol. The summed E-state index contributed by atoms with van der Waals surface area (Å²) >= 11 is 3.34. The maximum Gasteiger partial charge on any atom is 0.251 e. The van der Waals surface area contributed by atoms with Gasteiger partial charge >= 0.3 is 0 Å². The minimum Gasteiger partial charge on any atom is -0.352 e. The molecule has 0 bridgehead atoms. The summed E-state index contributed by atoms with van der Waals surface area (Å²) in [6.45, 7) is 1.89. The molecule has 2 aromatic rings. The predicted molar refractivity (Wildman–Crippen MR) is 96.4 cm³/mol. The third-order valence-corrected chi connectivity index (χ3v) is 4.68. The van der Waals surface area contributed by atoms with E-state index in [0.29, 0.717) is 38.0 Å². The van der Waals surface area contributed by atoms with Crippen molar-refractivity contribution in [1.82, 2.24) is 10.2 Å². The maximum absolute atomic E-state index is 12.3. The van der Waals surface area contributed by atoms with Crippen molar-refractivity contribution in [1.29, 1.82) is 0 Å². The Morgan fingerprint density at radius 3 is 2.25 bits per heavy atom. The number of benzene rings is 2. The summed E-state index contributed by atoms with van der Waals surface area (Å²) in [6.07, 6.45) is 1.10. The number of carbonyl (C=O) groups is 2. The van der Waals surface area contributed by atoms with Crippen LogP contribution in [0.3, 0.4) is 0 Å². The van der Waals surface area contributed by atoms with Crippen molar-refractivity contribution in [2.75, 3.05) is 6.54 Å². The molecule has 0 unspecified atom stereocenters. The van der Waals surface area contributed by atoms with E-state index in [4.69, 9.17) is 0 Å². The van der Waals surface area contributed by atoms with Gasteiger partial charge in [0.15, 0.2) is 0 Å². The normalized spacial score (nSPS) is 12.8. The molecule has 0 spiro atoms. The number of fused-ring (bicyclic) bond motifs is 1. The summed E-state index contributed by atoms with van der Waals surface area (Å²) in [6, 6.07) is 15.4. The second-order valence-electron chi connectivity index (χ2n) is 5.88. The SMILES string of the molecule is O=C(NCCCC(=O)N1Cc2ccccc2C1)c1ccc(Br)cc1. The zero-order valence-corrected chi connectivity index (χ0v) is 14.9. The van der Waals surface area contributed by atoms with Crippen LogP contribution in [0.1, 0.15) is 34.3 Å². The van der Waals surface area contributed by atoms with Gasteiger partial charge in [-0.25, -0.2) is 0 Å². The highest BCUT2D eigenvalue weighted by molar-refractivity contribution is 9.10. The molecule has 0 saturated heterocycles. The van der Waals surface area contributed by atoms with Crippen LogP contribution in [0, 0.1) is 0 Å². The third-order valence-electron chi connectivity index (χ3n) is 4.15. The molecule has 0 atom stereocenters. The van der Waals surface area contributed by atoms with Crippen molar-refractivity contribution < 1.29 is 9.59 Å². The van der Waals surface area contributed by atoms with Crippen molar-refractivity contribution in [2.45, 2.75) is 25.9 Å². The smallest absolute Gasteiger partial charge is 0.251 e. The minimum absolute atomic E-state index is 0.108. The summed E-state index contributed by atoms with van der Waals surface area (Å²) in [5.41, 5.74) is 3.09.